The van der Waals surface area contributed by atoms with Crippen molar-refractivity contribution in [2.45, 2.75) is 25.4 Å². The Bertz CT molecular complexity index is 985. The molecular formula is C19H18BrN3O3S. The molecule has 1 amide bonds. The highest BCUT2D eigenvalue weighted by Gasteiger charge is 2.22. The summed E-state index contributed by atoms with van der Waals surface area (Å²) in [6.07, 6.45) is 4.89. The second kappa shape index (κ2) is 7.92. The van der Waals surface area contributed by atoms with E-state index in [0.29, 0.717) is 21.0 Å². The third-order valence-corrected chi connectivity index (χ3v) is 5.95. The number of aromatic nitrogens is 2. The predicted molar refractivity (Wildman–Crippen MR) is 109 cm³/mol. The van der Waals surface area contributed by atoms with Crippen LogP contribution in [0.2, 0.25) is 0 Å². The summed E-state index contributed by atoms with van der Waals surface area (Å²) in [6, 6.07) is 7.29. The number of benzene rings is 1. The van der Waals surface area contributed by atoms with E-state index in [0.717, 1.165) is 41.6 Å². The van der Waals surface area contributed by atoms with E-state index in [1.54, 1.807) is 25.4 Å². The smallest absolute Gasteiger partial charge is 0.257 e. The van der Waals surface area contributed by atoms with Gasteiger partial charge in [-0.2, -0.15) is 0 Å². The number of carbonyl (C=O) groups excluding carboxylic acids is 1. The van der Waals surface area contributed by atoms with Gasteiger partial charge < -0.3 is 9.47 Å². The van der Waals surface area contributed by atoms with E-state index in [1.807, 2.05) is 12.1 Å². The average Bonchev–Trinajstić information content (AvgIpc) is 3.11. The second-order valence-electron chi connectivity index (χ2n) is 6.23. The number of nitrogens with one attached hydrogen (secondary N) is 1. The van der Waals surface area contributed by atoms with E-state index in [1.165, 1.54) is 11.3 Å². The number of rotatable bonds is 4. The SMILES string of the molecule is COc1ccc(C2CCCCO2)c2sc(NC(=O)c3ccnc(Br)c3)nc12. The summed E-state index contributed by atoms with van der Waals surface area (Å²) in [5.74, 6) is 0.458. The number of carbonyl (C=O) groups is 1. The number of anilines is 1. The molecule has 1 aliphatic rings. The predicted octanol–water partition coefficient (Wildman–Crippen LogP) is 4.96. The van der Waals surface area contributed by atoms with Crippen LogP contribution in [0.25, 0.3) is 10.2 Å². The molecule has 0 saturated carbocycles. The molecule has 3 heterocycles. The Morgan fingerprint density at radius 2 is 2.26 bits per heavy atom. The van der Waals surface area contributed by atoms with Crippen molar-refractivity contribution in [3.8, 4) is 5.75 Å². The van der Waals surface area contributed by atoms with Gasteiger partial charge in [-0.25, -0.2) is 9.97 Å². The Hall–Kier alpha value is -2.03. The van der Waals surface area contributed by atoms with Gasteiger partial charge in [0.15, 0.2) is 5.13 Å². The van der Waals surface area contributed by atoms with Crippen LogP contribution < -0.4 is 10.1 Å². The molecule has 0 aliphatic carbocycles. The molecule has 140 valence electrons. The first kappa shape index (κ1) is 18.3. The van der Waals surface area contributed by atoms with Crippen LogP contribution in [0.4, 0.5) is 5.13 Å². The Kier molecular flexibility index (Phi) is 5.38. The Morgan fingerprint density at radius 1 is 1.37 bits per heavy atom. The molecule has 3 aromatic rings. The van der Waals surface area contributed by atoms with Crippen LogP contribution in [0.5, 0.6) is 5.75 Å². The van der Waals surface area contributed by atoms with Gasteiger partial charge in [0.05, 0.1) is 17.9 Å². The van der Waals surface area contributed by atoms with Crippen molar-refractivity contribution in [1.29, 1.82) is 0 Å². The molecule has 4 rings (SSSR count). The van der Waals surface area contributed by atoms with Gasteiger partial charge in [0.25, 0.3) is 5.91 Å². The molecule has 1 unspecified atom stereocenters. The van der Waals surface area contributed by atoms with Gasteiger partial charge in [-0.05, 0) is 53.4 Å². The fourth-order valence-electron chi connectivity index (χ4n) is 3.17. The van der Waals surface area contributed by atoms with E-state index in [9.17, 15) is 4.79 Å². The number of fused-ring (bicyclic) bond motifs is 1. The molecule has 1 aromatic carbocycles. The van der Waals surface area contributed by atoms with Gasteiger partial charge in [-0.3, -0.25) is 10.1 Å². The molecule has 1 aliphatic heterocycles. The zero-order valence-electron chi connectivity index (χ0n) is 14.7. The standard InChI is InChI=1S/C19H18BrN3O3S/c1-25-14-6-5-12(13-4-2-3-9-26-13)17-16(14)22-19(27-17)23-18(24)11-7-8-21-15(20)10-11/h5-8,10,13H,2-4,9H2,1H3,(H,22,23,24). The highest BCUT2D eigenvalue weighted by molar-refractivity contribution is 9.10. The van der Waals surface area contributed by atoms with E-state index in [-0.39, 0.29) is 12.0 Å². The zero-order chi connectivity index (χ0) is 18.8. The molecule has 1 fully saturated rings. The Morgan fingerprint density at radius 3 is 3.00 bits per heavy atom. The van der Waals surface area contributed by atoms with Crippen molar-refractivity contribution in [2.24, 2.45) is 0 Å². The van der Waals surface area contributed by atoms with Crippen molar-refractivity contribution in [2.75, 3.05) is 19.0 Å². The van der Waals surface area contributed by atoms with Crippen LogP contribution in [-0.4, -0.2) is 29.6 Å². The fraction of sp³-hybridized carbons (Fsp3) is 0.316. The maximum absolute atomic E-state index is 12.5. The minimum absolute atomic E-state index is 0.0623. The number of nitrogens with zero attached hydrogens (tertiary/aromatic N) is 2. The number of methoxy groups -OCH3 is 1. The lowest BCUT2D eigenvalue weighted by Gasteiger charge is -2.23. The lowest BCUT2D eigenvalue weighted by atomic mass is 10.0. The minimum Gasteiger partial charge on any atom is -0.494 e. The maximum Gasteiger partial charge on any atom is 0.257 e. The van der Waals surface area contributed by atoms with Crippen molar-refractivity contribution in [1.82, 2.24) is 9.97 Å². The van der Waals surface area contributed by atoms with Gasteiger partial charge >= 0.3 is 0 Å². The fourth-order valence-corrected chi connectivity index (χ4v) is 4.57. The number of hydrogen-bond acceptors (Lipinski definition) is 6. The number of halogens is 1. The molecular weight excluding hydrogens is 430 g/mol. The summed E-state index contributed by atoms with van der Waals surface area (Å²) in [6.45, 7) is 0.775. The van der Waals surface area contributed by atoms with Crippen molar-refractivity contribution in [3.63, 3.8) is 0 Å². The highest BCUT2D eigenvalue weighted by atomic mass is 79.9. The summed E-state index contributed by atoms with van der Waals surface area (Å²) >= 11 is 4.73. The highest BCUT2D eigenvalue weighted by Crippen LogP contribution is 2.40. The third kappa shape index (κ3) is 3.83. The number of pyridine rings is 1. The van der Waals surface area contributed by atoms with Gasteiger partial charge in [-0.15, -0.1) is 0 Å². The van der Waals surface area contributed by atoms with Crippen LogP contribution in [0.15, 0.2) is 35.1 Å². The van der Waals surface area contributed by atoms with Crippen LogP contribution >= 0.6 is 27.3 Å². The molecule has 6 nitrogen and oxygen atoms in total. The first-order valence-corrected chi connectivity index (χ1v) is 10.3. The van der Waals surface area contributed by atoms with Crippen molar-refractivity contribution >= 4 is 48.5 Å². The summed E-state index contributed by atoms with van der Waals surface area (Å²) in [4.78, 5) is 21.2. The van der Waals surface area contributed by atoms with Gasteiger partial charge in [0, 0.05) is 23.9 Å². The van der Waals surface area contributed by atoms with Crippen molar-refractivity contribution in [3.05, 3.63) is 46.2 Å². The quantitative estimate of drug-likeness (QED) is 0.572. The molecule has 1 saturated heterocycles. The lowest BCUT2D eigenvalue weighted by Crippen LogP contribution is -2.11. The van der Waals surface area contributed by atoms with Crippen LogP contribution in [0.1, 0.15) is 41.3 Å². The lowest BCUT2D eigenvalue weighted by molar-refractivity contribution is 0.0159. The Labute approximate surface area is 169 Å². The topological polar surface area (TPSA) is 73.3 Å². The van der Waals surface area contributed by atoms with Gasteiger partial charge in [0.2, 0.25) is 0 Å². The second-order valence-corrected chi connectivity index (χ2v) is 8.04. The number of ether oxygens (including phenoxy) is 2. The summed E-state index contributed by atoms with van der Waals surface area (Å²) < 4.78 is 13.0. The van der Waals surface area contributed by atoms with E-state index >= 15 is 0 Å². The molecule has 8 heteroatoms. The largest absolute Gasteiger partial charge is 0.494 e. The number of amides is 1. The number of thiazole rings is 1. The zero-order valence-corrected chi connectivity index (χ0v) is 17.1. The first-order valence-electron chi connectivity index (χ1n) is 8.67. The Balaban J connectivity index is 1.68. The molecule has 27 heavy (non-hydrogen) atoms. The van der Waals surface area contributed by atoms with Gasteiger partial charge in [0.1, 0.15) is 15.9 Å². The van der Waals surface area contributed by atoms with Crippen LogP contribution in [-0.2, 0) is 4.74 Å². The summed E-state index contributed by atoms with van der Waals surface area (Å²) in [5, 5.41) is 3.41. The first-order chi connectivity index (χ1) is 13.2. The van der Waals surface area contributed by atoms with Gasteiger partial charge in [-0.1, -0.05) is 17.4 Å². The molecule has 0 spiro atoms. The third-order valence-electron chi connectivity index (χ3n) is 4.49. The maximum atomic E-state index is 12.5. The van der Waals surface area contributed by atoms with E-state index in [4.69, 9.17) is 9.47 Å². The number of hydrogen-bond donors (Lipinski definition) is 1. The van der Waals surface area contributed by atoms with Crippen molar-refractivity contribution < 1.29 is 14.3 Å². The minimum atomic E-state index is -0.230. The average molecular weight is 448 g/mol. The molecule has 1 atom stereocenters. The van der Waals surface area contributed by atoms with E-state index < -0.39 is 0 Å². The molecule has 2 aromatic heterocycles. The normalized spacial score (nSPS) is 17.0. The van der Waals surface area contributed by atoms with Crippen LogP contribution in [0.3, 0.4) is 0 Å². The molecule has 0 bridgehead atoms. The summed E-state index contributed by atoms with van der Waals surface area (Å²) in [7, 11) is 1.62. The van der Waals surface area contributed by atoms with E-state index in [2.05, 4.69) is 31.2 Å². The van der Waals surface area contributed by atoms with Crippen LogP contribution in [0, 0.1) is 0 Å². The summed E-state index contributed by atoms with van der Waals surface area (Å²) in [5.41, 5.74) is 2.37. The monoisotopic (exact) mass is 447 g/mol. The molecule has 1 N–H and O–H groups in total. The molecule has 0 radical (unpaired) electrons.